The Morgan fingerprint density at radius 1 is 1.33 bits per heavy atom. The number of carbonyl (C=O) groups excluding carboxylic acids is 2. The van der Waals surface area contributed by atoms with Crippen molar-refractivity contribution in [2.24, 2.45) is 5.92 Å². The predicted molar refractivity (Wildman–Crippen MR) is 76.7 cm³/mol. The first kappa shape index (κ1) is 14.6. The van der Waals surface area contributed by atoms with E-state index in [1.807, 2.05) is 0 Å². The van der Waals surface area contributed by atoms with Gasteiger partial charge < -0.3 is 14.6 Å². The Hall–Kier alpha value is -2.77. The molecule has 8 nitrogen and oxygen atoms in total. The number of nitrogens with one attached hydrogen (secondary N) is 3. The van der Waals surface area contributed by atoms with Gasteiger partial charge in [0.25, 0.3) is 0 Å². The minimum absolute atomic E-state index is 0.218. The highest BCUT2D eigenvalue weighted by molar-refractivity contribution is 5.87. The number of nitrogens with zero attached hydrogens (tertiary/aromatic N) is 1. The van der Waals surface area contributed by atoms with Gasteiger partial charge in [-0.05, 0) is 18.2 Å². The number of aromatic amines is 1. The first-order valence-corrected chi connectivity index (χ1v) is 6.31. The zero-order valence-corrected chi connectivity index (χ0v) is 11.9. The minimum Gasteiger partial charge on any atom is -0.453 e. The van der Waals surface area contributed by atoms with Crippen molar-refractivity contribution in [2.45, 2.75) is 13.8 Å². The van der Waals surface area contributed by atoms with Crippen LogP contribution in [-0.4, -0.2) is 29.1 Å². The summed E-state index contributed by atoms with van der Waals surface area (Å²) in [6, 6.07) is 5.14. The molecule has 0 aliphatic heterocycles. The first-order valence-electron chi connectivity index (χ1n) is 6.31. The zero-order valence-electron chi connectivity index (χ0n) is 11.9. The molecule has 8 heteroatoms. The number of carbonyl (C=O) groups is 2. The number of methoxy groups -OCH3 is 1. The number of anilines is 2. The Bertz CT molecular complexity index is 665. The molecule has 0 atom stereocenters. The normalized spacial score (nSPS) is 10.5. The Morgan fingerprint density at radius 3 is 2.76 bits per heavy atom. The van der Waals surface area contributed by atoms with Crippen molar-refractivity contribution in [2.75, 3.05) is 17.9 Å². The van der Waals surface area contributed by atoms with Crippen LogP contribution in [-0.2, 0) is 14.4 Å². The van der Waals surface area contributed by atoms with Crippen LogP contribution in [0.4, 0.5) is 16.4 Å². The standard InChI is InChI=1S/C13H16N4O4/c1-7(2)11(18)21-17-8-4-5-9-10(6-8)15-12(14-9)16-13(19)20-3/h4-7,17H,1-3H3,(H2,14,15,16,19). The summed E-state index contributed by atoms with van der Waals surface area (Å²) in [6.07, 6.45) is -0.613. The summed E-state index contributed by atoms with van der Waals surface area (Å²) in [5, 5.41) is 2.43. The maximum Gasteiger partial charge on any atom is 0.413 e. The number of benzene rings is 1. The lowest BCUT2D eigenvalue weighted by molar-refractivity contribution is -0.144. The molecule has 0 radical (unpaired) electrons. The van der Waals surface area contributed by atoms with E-state index in [-0.39, 0.29) is 17.8 Å². The maximum absolute atomic E-state index is 11.4. The molecule has 0 spiro atoms. The summed E-state index contributed by atoms with van der Waals surface area (Å²) in [5.41, 5.74) is 4.49. The van der Waals surface area contributed by atoms with Gasteiger partial charge in [-0.2, -0.15) is 0 Å². The Balaban J connectivity index is 2.10. The summed E-state index contributed by atoms with van der Waals surface area (Å²) in [4.78, 5) is 34.5. The number of hydrogen-bond acceptors (Lipinski definition) is 6. The van der Waals surface area contributed by atoms with Crippen LogP contribution in [0.2, 0.25) is 0 Å². The predicted octanol–water partition coefficient (Wildman–Crippen LogP) is 2.27. The summed E-state index contributed by atoms with van der Waals surface area (Å²) in [6.45, 7) is 3.49. The lowest BCUT2D eigenvalue weighted by Gasteiger charge is -2.08. The lowest BCUT2D eigenvalue weighted by Crippen LogP contribution is -2.15. The number of ether oxygens (including phenoxy) is 1. The van der Waals surface area contributed by atoms with Crippen LogP contribution in [0.1, 0.15) is 13.8 Å². The number of fused-ring (bicyclic) bond motifs is 1. The second kappa shape index (κ2) is 6.12. The van der Waals surface area contributed by atoms with Gasteiger partial charge in [0, 0.05) is 0 Å². The lowest BCUT2D eigenvalue weighted by atomic mass is 10.2. The van der Waals surface area contributed by atoms with Crippen molar-refractivity contribution in [1.29, 1.82) is 0 Å². The molecule has 21 heavy (non-hydrogen) atoms. The van der Waals surface area contributed by atoms with Crippen molar-refractivity contribution >= 4 is 34.7 Å². The molecule has 0 saturated carbocycles. The van der Waals surface area contributed by atoms with E-state index in [0.717, 1.165) is 0 Å². The Labute approximate surface area is 120 Å². The van der Waals surface area contributed by atoms with E-state index in [4.69, 9.17) is 4.84 Å². The van der Waals surface area contributed by atoms with Gasteiger partial charge in [-0.25, -0.2) is 20.1 Å². The van der Waals surface area contributed by atoms with E-state index in [1.165, 1.54) is 7.11 Å². The first-order chi connectivity index (χ1) is 9.99. The van der Waals surface area contributed by atoms with Crippen LogP contribution < -0.4 is 10.8 Å². The van der Waals surface area contributed by atoms with Gasteiger partial charge in [0.05, 0.1) is 29.7 Å². The minimum atomic E-state index is -0.613. The molecule has 1 aromatic carbocycles. The van der Waals surface area contributed by atoms with Crippen molar-refractivity contribution < 1.29 is 19.2 Å². The SMILES string of the molecule is COC(=O)Nc1nc2ccc(NOC(=O)C(C)C)cc2[nH]1. The second-order valence-electron chi connectivity index (χ2n) is 4.61. The van der Waals surface area contributed by atoms with Crippen molar-refractivity contribution in [3.63, 3.8) is 0 Å². The molecule has 0 fully saturated rings. The topological polar surface area (TPSA) is 105 Å². The molecule has 1 aromatic heterocycles. The summed E-state index contributed by atoms with van der Waals surface area (Å²) in [7, 11) is 1.27. The molecule has 1 amide bonds. The molecule has 112 valence electrons. The molecular weight excluding hydrogens is 276 g/mol. The van der Waals surface area contributed by atoms with Crippen LogP contribution in [0.15, 0.2) is 18.2 Å². The Kier molecular flexibility index (Phi) is 4.27. The molecule has 0 saturated heterocycles. The molecule has 0 aliphatic rings. The molecule has 1 heterocycles. The average Bonchev–Trinajstić information content (AvgIpc) is 2.85. The van der Waals surface area contributed by atoms with E-state index >= 15 is 0 Å². The summed E-state index contributed by atoms with van der Waals surface area (Å²) < 4.78 is 4.48. The molecule has 2 aromatic rings. The van der Waals surface area contributed by atoms with Gasteiger partial charge in [0.15, 0.2) is 0 Å². The van der Waals surface area contributed by atoms with E-state index in [1.54, 1.807) is 32.0 Å². The molecular formula is C13H16N4O4. The number of aromatic nitrogens is 2. The van der Waals surface area contributed by atoms with Gasteiger partial charge in [-0.3, -0.25) is 5.32 Å². The highest BCUT2D eigenvalue weighted by atomic mass is 16.7. The maximum atomic E-state index is 11.4. The van der Waals surface area contributed by atoms with Gasteiger partial charge in [0.1, 0.15) is 0 Å². The third-order valence-electron chi connectivity index (χ3n) is 2.63. The fourth-order valence-electron chi connectivity index (χ4n) is 1.51. The fraction of sp³-hybridized carbons (Fsp3) is 0.308. The smallest absolute Gasteiger partial charge is 0.413 e. The number of imidazole rings is 1. The van der Waals surface area contributed by atoms with Crippen molar-refractivity contribution in [1.82, 2.24) is 9.97 Å². The van der Waals surface area contributed by atoms with Crippen LogP contribution in [0.25, 0.3) is 11.0 Å². The number of H-pyrrole nitrogens is 1. The third kappa shape index (κ3) is 3.62. The monoisotopic (exact) mass is 292 g/mol. The number of rotatable bonds is 4. The second-order valence-corrected chi connectivity index (χ2v) is 4.61. The summed E-state index contributed by atoms with van der Waals surface area (Å²) >= 11 is 0. The number of amides is 1. The molecule has 0 unspecified atom stereocenters. The highest BCUT2D eigenvalue weighted by Gasteiger charge is 2.10. The van der Waals surface area contributed by atoms with Gasteiger partial charge in [-0.15, -0.1) is 0 Å². The third-order valence-corrected chi connectivity index (χ3v) is 2.63. The largest absolute Gasteiger partial charge is 0.453 e. The van der Waals surface area contributed by atoms with Crippen molar-refractivity contribution in [3.8, 4) is 0 Å². The molecule has 0 aliphatic carbocycles. The molecule has 2 rings (SSSR count). The highest BCUT2D eigenvalue weighted by Crippen LogP contribution is 2.19. The van der Waals surface area contributed by atoms with E-state index in [2.05, 4.69) is 25.5 Å². The zero-order chi connectivity index (χ0) is 15.4. The van der Waals surface area contributed by atoms with Crippen molar-refractivity contribution in [3.05, 3.63) is 18.2 Å². The van der Waals surface area contributed by atoms with Crippen LogP contribution in [0.5, 0.6) is 0 Å². The molecule has 3 N–H and O–H groups in total. The molecule has 0 bridgehead atoms. The number of hydrogen-bond donors (Lipinski definition) is 3. The van der Waals surface area contributed by atoms with E-state index < -0.39 is 6.09 Å². The quantitative estimate of drug-likeness (QED) is 0.746. The summed E-state index contributed by atoms with van der Waals surface area (Å²) in [5.74, 6) is -0.301. The van der Waals surface area contributed by atoms with Crippen LogP contribution in [0.3, 0.4) is 0 Å². The van der Waals surface area contributed by atoms with Gasteiger partial charge >= 0.3 is 12.1 Å². The average molecular weight is 292 g/mol. The van der Waals surface area contributed by atoms with E-state index in [0.29, 0.717) is 16.7 Å². The van der Waals surface area contributed by atoms with Crippen LogP contribution in [0, 0.1) is 5.92 Å². The Morgan fingerprint density at radius 2 is 2.10 bits per heavy atom. The van der Waals surface area contributed by atoms with Gasteiger partial charge in [0.2, 0.25) is 5.95 Å². The fourth-order valence-corrected chi connectivity index (χ4v) is 1.51. The van der Waals surface area contributed by atoms with Gasteiger partial charge in [-0.1, -0.05) is 13.8 Å². The van der Waals surface area contributed by atoms with Crippen LogP contribution >= 0.6 is 0 Å². The van der Waals surface area contributed by atoms with E-state index in [9.17, 15) is 9.59 Å².